The van der Waals surface area contributed by atoms with E-state index in [0.717, 1.165) is 31.4 Å². The average Bonchev–Trinajstić information content (AvgIpc) is 2.54. The van der Waals surface area contributed by atoms with E-state index in [1.165, 1.54) is 6.07 Å². The number of aromatic nitrogens is 1. The van der Waals surface area contributed by atoms with Crippen molar-refractivity contribution in [3.8, 4) is 0 Å². The van der Waals surface area contributed by atoms with Gasteiger partial charge in [0.25, 0.3) is 0 Å². The molecule has 0 saturated carbocycles. The molecular weight excluding hydrogens is 339 g/mol. The molecule has 0 bridgehead atoms. The Hall–Kier alpha value is -1.87. The van der Waals surface area contributed by atoms with E-state index in [-0.39, 0.29) is 6.10 Å². The third-order valence-electron chi connectivity index (χ3n) is 3.66. The van der Waals surface area contributed by atoms with Gasteiger partial charge in [0.1, 0.15) is 18.1 Å². The normalized spacial score (nSPS) is 15.5. The first-order valence-electron chi connectivity index (χ1n) is 8.09. The van der Waals surface area contributed by atoms with Gasteiger partial charge in [-0.3, -0.25) is 0 Å². The molecule has 0 unspecified atom stereocenters. The van der Waals surface area contributed by atoms with Crippen LogP contribution in [-0.2, 0) is 22.3 Å². The Bertz CT molecular complexity index is 555. The quantitative estimate of drug-likeness (QED) is 0.846. The van der Waals surface area contributed by atoms with Crippen LogP contribution >= 0.6 is 0 Å². The fourth-order valence-electron chi connectivity index (χ4n) is 2.57. The fourth-order valence-corrected chi connectivity index (χ4v) is 2.57. The van der Waals surface area contributed by atoms with Crippen molar-refractivity contribution in [2.45, 2.75) is 45.5 Å². The summed E-state index contributed by atoms with van der Waals surface area (Å²) in [5, 5.41) is 8.89. The van der Waals surface area contributed by atoms with Crippen LogP contribution in [0.1, 0.15) is 37.9 Å². The highest BCUT2D eigenvalue weighted by Gasteiger charge is 2.34. The van der Waals surface area contributed by atoms with Crippen molar-refractivity contribution in [2.75, 3.05) is 24.6 Å². The second-order valence-corrected chi connectivity index (χ2v) is 5.56. The first kappa shape index (κ1) is 21.2. The summed E-state index contributed by atoms with van der Waals surface area (Å²) >= 11 is 0. The van der Waals surface area contributed by atoms with Crippen LogP contribution in [0.25, 0.3) is 0 Å². The summed E-state index contributed by atoms with van der Waals surface area (Å²) in [5.41, 5.74) is 3.68. The van der Waals surface area contributed by atoms with Gasteiger partial charge in [-0.1, -0.05) is 0 Å². The van der Waals surface area contributed by atoms with Crippen LogP contribution in [0.5, 0.6) is 0 Å². The minimum atomic E-state index is -4.42. The number of pyridine rings is 1. The topological polar surface area (TPSA) is 93.1 Å². The number of anilines is 1. The zero-order valence-electron chi connectivity index (χ0n) is 14.4. The molecule has 1 saturated heterocycles. The van der Waals surface area contributed by atoms with Crippen LogP contribution in [0.4, 0.5) is 19.0 Å². The molecule has 3 N–H and O–H groups in total. The summed E-state index contributed by atoms with van der Waals surface area (Å²) in [4.78, 5) is 14.6. The molecule has 142 valence electrons. The second kappa shape index (κ2) is 9.57. The van der Waals surface area contributed by atoms with E-state index in [1.807, 2.05) is 11.8 Å². The number of alkyl halides is 3. The molecular formula is C16H24F3N3O3. The van der Waals surface area contributed by atoms with E-state index in [2.05, 4.69) is 10.7 Å². The Morgan fingerprint density at radius 2 is 1.96 bits per heavy atom. The van der Waals surface area contributed by atoms with Gasteiger partial charge in [-0.25, -0.2) is 4.98 Å². The van der Waals surface area contributed by atoms with Gasteiger partial charge in [-0.2, -0.15) is 13.2 Å². The maximum atomic E-state index is 12.8. The van der Waals surface area contributed by atoms with Crippen molar-refractivity contribution in [3.05, 3.63) is 23.4 Å². The number of quaternary nitrogens is 1. The van der Waals surface area contributed by atoms with E-state index in [4.69, 9.17) is 14.6 Å². The maximum Gasteiger partial charge on any atom is 0.433 e. The number of piperidine rings is 1. The first-order chi connectivity index (χ1) is 11.7. The minimum Gasteiger partial charge on any atom is -0.550 e. The maximum absolute atomic E-state index is 12.8. The Balaban J connectivity index is 0.000000705. The highest BCUT2D eigenvalue weighted by Crippen LogP contribution is 2.31. The molecule has 25 heavy (non-hydrogen) atoms. The third-order valence-corrected chi connectivity index (χ3v) is 3.66. The predicted molar refractivity (Wildman–Crippen MR) is 83.4 cm³/mol. The molecule has 0 radical (unpaired) electrons. The summed E-state index contributed by atoms with van der Waals surface area (Å²) < 4.78 is 44.0. The number of aliphatic carboxylic acids is 1. The van der Waals surface area contributed by atoms with Crippen LogP contribution < -0.4 is 15.7 Å². The molecule has 0 amide bonds. The van der Waals surface area contributed by atoms with Crippen molar-refractivity contribution in [1.29, 1.82) is 0 Å². The number of halogens is 3. The fraction of sp³-hybridized carbons (Fsp3) is 0.625. The number of carboxylic acids is 1. The van der Waals surface area contributed by atoms with Crippen molar-refractivity contribution in [2.24, 2.45) is 0 Å². The number of ether oxygens (including phenoxy) is 1. The first-order valence-corrected chi connectivity index (χ1v) is 8.09. The highest BCUT2D eigenvalue weighted by atomic mass is 19.4. The molecule has 1 aliphatic rings. The van der Waals surface area contributed by atoms with Crippen LogP contribution in [0, 0.1) is 0 Å². The van der Waals surface area contributed by atoms with Crippen LogP contribution in [0.3, 0.4) is 0 Å². The lowest BCUT2D eigenvalue weighted by Gasteiger charge is -2.33. The van der Waals surface area contributed by atoms with Crippen molar-refractivity contribution >= 4 is 11.8 Å². The van der Waals surface area contributed by atoms with Gasteiger partial charge in [0, 0.05) is 31.2 Å². The molecule has 1 aromatic heterocycles. The van der Waals surface area contributed by atoms with Gasteiger partial charge in [-0.05, 0) is 38.8 Å². The van der Waals surface area contributed by atoms with Crippen LogP contribution in [-0.4, -0.2) is 36.8 Å². The summed E-state index contributed by atoms with van der Waals surface area (Å²) in [6.07, 6.45) is -2.61. The largest absolute Gasteiger partial charge is 0.550 e. The van der Waals surface area contributed by atoms with Crippen molar-refractivity contribution < 1.29 is 33.5 Å². The summed E-state index contributed by atoms with van der Waals surface area (Å²) in [6.45, 7) is 5.32. The van der Waals surface area contributed by atoms with Crippen LogP contribution in [0.15, 0.2) is 12.1 Å². The molecule has 0 aliphatic carbocycles. The molecule has 1 aliphatic heterocycles. The molecule has 0 aromatic carbocycles. The lowest BCUT2D eigenvalue weighted by Crippen LogP contribution is -2.48. The van der Waals surface area contributed by atoms with Gasteiger partial charge in [-0.15, -0.1) is 0 Å². The number of hydrogen-bond donors (Lipinski definition) is 1. The standard InChI is InChI=1S/C14H20F3N3O.C2H4O2/c1-2-21-11-5-7-20(8-6-11)13-10(9-18)3-4-12(19-13)14(15,16)17;1-2(3)4/h3-4,11H,2,5-9,18H2,1H3;1H3,(H,3,4). The average molecular weight is 363 g/mol. The van der Waals surface area contributed by atoms with Gasteiger partial charge < -0.3 is 25.3 Å². The Morgan fingerprint density at radius 1 is 1.40 bits per heavy atom. The SMILES string of the molecule is CC(=O)[O-].CCOC1CCN(c2nc(C(F)(F)F)ccc2C[NH3+])CC1. The Kier molecular flexibility index (Phi) is 8.11. The number of hydrogen-bond acceptors (Lipinski definition) is 5. The molecule has 0 atom stereocenters. The molecule has 9 heteroatoms. The Morgan fingerprint density at radius 3 is 2.40 bits per heavy atom. The molecule has 0 spiro atoms. The molecule has 1 fully saturated rings. The van der Waals surface area contributed by atoms with E-state index in [9.17, 15) is 13.2 Å². The van der Waals surface area contributed by atoms with Gasteiger partial charge in [0.2, 0.25) is 0 Å². The summed E-state index contributed by atoms with van der Waals surface area (Å²) in [5.74, 6) is -0.672. The minimum absolute atomic E-state index is 0.195. The van der Waals surface area contributed by atoms with Crippen molar-refractivity contribution in [3.63, 3.8) is 0 Å². The van der Waals surface area contributed by atoms with Crippen LogP contribution in [0.2, 0.25) is 0 Å². The number of carbonyl (C=O) groups is 1. The number of rotatable bonds is 4. The summed E-state index contributed by atoms with van der Waals surface area (Å²) in [7, 11) is 0. The van der Waals surface area contributed by atoms with Crippen molar-refractivity contribution in [1.82, 2.24) is 4.98 Å². The summed E-state index contributed by atoms with van der Waals surface area (Å²) in [6, 6.07) is 2.50. The van der Waals surface area contributed by atoms with Gasteiger partial charge >= 0.3 is 6.18 Å². The number of carboxylic acid groups (broad SMARTS) is 1. The van der Waals surface area contributed by atoms with E-state index in [1.54, 1.807) is 0 Å². The lowest BCUT2D eigenvalue weighted by atomic mass is 10.1. The molecule has 1 aromatic rings. The molecule has 6 nitrogen and oxygen atoms in total. The third kappa shape index (κ3) is 6.87. The predicted octanol–water partition coefficient (Wildman–Crippen LogP) is 0.604. The lowest BCUT2D eigenvalue weighted by molar-refractivity contribution is -0.386. The van der Waals surface area contributed by atoms with E-state index < -0.39 is 17.8 Å². The Labute approximate surface area is 144 Å². The highest BCUT2D eigenvalue weighted by molar-refractivity contribution is 5.60. The molecule has 2 heterocycles. The van der Waals surface area contributed by atoms with Gasteiger partial charge in [0.05, 0.1) is 6.10 Å². The smallest absolute Gasteiger partial charge is 0.433 e. The monoisotopic (exact) mass is 363 g/mol. The van der Waals surface area contributed by atoms with E-state index in [0.29, 0.717) is 32.1 Å². The zero-order chi connectivity index (χ0) is 19.0. The van der Waals surface area contributed by atoms with E-state index >= 15 is 0 Å². The zero-order valence-corrected chi connectivity index (χ0v) is 14.4. The van der Waals surface area contributed by atoms with Gasteiger partial charge in [0.15, 0.2) is 0 Å². The number of nitrogens with zero attached hydrogens (tertiary/aromatic N) is 2. The molecule has 2 rings (SSSR count). The number of carbonyl (C=O) groups excluding carboxylic acids is 1. The second-order valence-electron chi connectivity index (χ2n) is 5.56.